The summed E-state index contributed by atoms with van der Waals surface area (Å²) in [5.74, 6) is 0.296. The molecule has 4 rings (SSSR count). The largest absolute Gasteiger partial charge is 0.382 e. The van der Waals surface area contributed by atoms with Gasteiger partial charge >= 0.3 is 0 Å². The van der Waals surface area contributed by atoms with Crippen LogP contribution in [0.1, 0.15) is 37.2 Å². The SMILES string of the molecule is CNC(=O)c1ccc(-c2cc(-c3cn([C@@H](C)C(C)C)c(=O)c4c(N)n[nH]c34)nn2C)cc1. The Kier molecular flexibility index (Phi) is 5.33. The molecule has 1 aromatic carbocycles. The van der Waals surface area contributed by atoms with E-state index in [4.69, 9.17) is 10.8 Å². The second-order valence-electron chi connectivity index (χ2n) is 8.29. The Hall–Kier alpha value is -3.88. The van der Waals surface area contributed by atoms with Crippen LogP contribution in [-0.2, 0) is 7.05 Å². The molecule has 0 aliphatic rings. The number of amides is 1. The van der Waals surface area contributed by atoms with Crippen molar-refractivity contribution in [3.05, 3.63) is 52.4 Å². The number of benzene rings is 1. The summed E-state index contributed by atoms with van der Waals surface area (Å²) in [6.45, 7) is 6.15. The van der Waals surface area contributed by atoms with Crippen LogP contribution in [0.15, 0.2) is 41.3 Å². The van der Waals surface area contributed by atoms with Gasteiger partial charge in [0.2, 0.25) is 0 Å². The number of aromatic amines is 1. The van der Waals surface area contributed by atoms with E-state index in [2.05, 4.69) is 29.4 Å². The molecule has 0 aliphatic carbocycles. The maximum atomic E-state index is 13.1. The van der Waals surface area contributed by atoms with E-state index < -0.39 is 0 Å². The van der Waals surface area contributed by atoms with Crippen molar-refractivity contribution in [3.8, 4) is 22.5 Å². The summed E-state index contributed by atoms with van der Waals surface area (Å²) in [6, 6.07) is 9.25. The van der Waals surface area contributed by atoms with Crippen molar-refractivity contribution in [1.82, 2.24) is 29.9 Å². The number of aromatic nitrogens is 5. The molecule has 32 heavy (non-hydrogen) atoms. The molecule has 0 aliphatic heterocycles. The standard InChI is InChI=1S/C23H27N7O2/c1-12(2)13(3)30-11-16(20-19(23(30)32)21(24)27-26-20)17-10-18(29(5)28-17)14-6-8-15(9-7-14)22(31)25-4/h6-13H,1-5H3,(H,25,31)(H3,24,26,27)/t13-/m0/s1. The molecule has 3 heterocycles. The van der Waals surface area contributed by atoms with Crippen LogP contribution in [0.4, 0.5) is 5.82 Å². The normalized spacial score (nSPS) is 12.4. The number of hydrogen-bond donors (Lipinski definition) is 3. The van der Waals surface area contributed by atoms with Crippen LogP contribution < -0.4 is 16.6 Å². The second-order valence-corrected chi connectivity index (χ2v) is 8.29. The predicted octanol–water partition coefficient (Wildman–Crippen LogP) is 2.95. The van der Waals surface area contributed by atoms with Crippen molar-refractivity contribution in [1.29, 1.82) is 0 Å². The third kappa shape index (κ3) is 3.45. The number of H-pyrrole nitrogens is 1. The fourth-order valence-corrected chi connectivity index (χ4v) is 3.78. The van der Waals surface area contributed by atoms with Gasteiger partial charge in [0.1, 0.15) is 5.39 Å². The summed E-state index contributed by atoms with van der Waals surface area (Å²) in [5, 5.41) is 14.7. The van der Waals surface area contributed by atoms with Gasteiger partial charge in [0.25, 0.3) is 11.5 Å². The first-order chi connectivity index (χ1) is 15.2. The number of hydrogen-bond acceptors (Lipinski definition) is 5. The monoisotopic (exact) mass is 433 g/mol. The Balaban J connectivity index is 1.86. The number of nitrogens with one attached hydrogen (secondary N) is 2. The van der Waals surface area contributed by atoms with Gasteiger partial charge in [-0.15, -0.1) is 0 Å². The molecule has 1 atom stereocenters. The zero-order valence-corrected chi connectivity index (χ0v) is 18.8. The van der Waals surface area contributed by atoms with E-state index in [0.717, 1.165) is 16.8 Å². The van der Waals surface area contributed by atoms with E-state index in [1.165, 1.54) is 0 Å². The molecular weight excluding hydrogens is 406 g/mol. The van der Waals surface area contributed by atoms with Crippen molar-refractivity contribution in [2.75, 3.05) is 12.8 Å². The number of rotatable bonds is 5. The molecule has 9 heteroatoms. The lowest BCUT2D eigenvalue weighted by molar-refractivity contribution is 0.0963. The highest BCUT2D eigenvalue weighted by Gasteiger charge is 2.21. The van der Waals surface area contributed by atoms with Crippen LogP contribution in [0, 0.1) is 5.92 Å². The van der Waals surface area contributed by atoms with Gasteiger partial charge in [0, 0.05) is 37.5 Å². The van der Waals surface area contributed by atoms with Gasteiger partial charge in [0.05, 0.1) is 16.9 Å². The Morgan fingerprint density at radius 2 is 1.88 bits per heavy atom. The lowest BCUT2D eigenvalue weighted by Gasteiger charge is -2.20. The third-order valence-corrected chi connectivity index (χ3v) is 6.01. The van der Waals surface area contributed by atoms with Crippen molar-refractivity contribution < 1.29 is 4.79 Å². The van der Waals surface area contributed by atoms with Crippen molar-refractivity contribution >= 4 is 22.6 Å². The molecule has 9 nitrogen and oxygen atoms in total. The molecule has 0 saturated carbocycles. The molecule has 3 aromatic heterocycles. The number of carbonyl (C=O) groups excluding carboxylic acids is 1. The summed E-state index contributed by atoms with van der Waals surface area (Å²) in [4.78, 5) is 24.9. The van der Waals surface area contributed by atoms with Gasteiger partial charge in [-0.2, -0.15) is 10.2 Å². The summed E-state index contributed by atoms with van der Waals surface area (Å²) < 4.78 is 3.48. The molecular formula is C23H27N7O2. The fourth-order valence-electron chi connectivity index (χ4n) is 3.78. The van der Waals surface area contributed by atoms with Gasteiger partial charge < -0.3 is 15.6 Å². The van der Waals surface area contributed by atoms with Gasteiger partial charge in [-0.05, 0) is 36.6 Å². The summed E-state index contributed by atoms with van der Waals surface area (Å²) in [6.07, 6.45) is 1.83. The Morgan fingerprint density at radius 1 is 1.19 bits per heavy atom. The number of nitrogen functional groups attached to an aromatic ring is 1. The first-order valence-corrected chi connectivity index (χ1v) is 10.5. The van der Waals surface area contributed by atoms with Crippen molar-refractivity contribution in [2.45, 2.75) is 26.8 Å². The van der Waals surface area contributed by atoms with Gasteiger partial charge in [-0.25, -0.2) is 0 Å². The minimum Gasteiger partial charge on any atom is -0.382 e. The second kappa shape index (κ2) is 7.99. The highest BCUT2D eigenvalue weighted by atomic mass is 16.1. The zero-order chi connectivity index (χ0) is 23.2. The minimum absolute atomic E-state index is 0.0274. The van der Waals surface area contributed by atoms with Crippen molar-refractivity contribution in [2.24, 2.45) is 13.0 Å². The summed E-state index contributed by atoms with van der Waals surface area (Å²) in [7, 11) is 3.46. The van der Waals surface area contributed by atoms with E-state index in [0.29, 0.717) is 22.2 Å². The number of carbonyl (C=O) groups is 1. The van der Waals surface area contributed by atoms with Crippen LogP contribution >= 0.6 is 0 Å². The lowest BCUT2D eigenvalue weighted by atomic mass is 10.0. The smallest absolute Gasteiger partial charge is 0.264 e. The topological polar surface area (TPSA) is 124 Å². The Morgan fingerprint density at radius 3 is 2.50 bits per heavy atom. The number of pyridine rings is 1. The number of fused-ring (bicyclic) bond motifs is 1. The van der Waals surface area contributed by atoms with Crippen LogP contribution in [0.3, 0.4) is 0 Å². The van der Waals surface area contributed by atoms with Crippen molar-refractivity contribution in [3.63, 3.8) is 0 Å². The molecule has 0 saturated heterocycles. The molecule has 1 amide bonds. The average Bonchev–Trinajstić information content (AvgIpc) is 3.36. The van der Waals surface area contributed by atoms with Crippen LogP contribution in [0.5, 0.6) is 0 Å². The number of aryl methyl sites for hydroxylation is 1. The van der Waals surface area contributed by atoms with E-state index >= 15 is 0 Å². The molecule has 0 spiro atoms. The van der Waals surface area contributed by atoms with E-state index in [9.17, 15) is 9.59 Å². The van der Waals surface area contributed by atoms with Crippen LogP contribution in [0.2, 0.25) is 0 Å². The lowest BCUT2D eigenvalue weighted by Crippen LogP contribution is -2.26. The number of nitrogens with zero attached hydrogens (tertiary/aromatic N) is 4. The summed E-state index contributed by atoms with van der Waals surface area (Å²) >= 11 is 0. The van der Waals surface area contributed by atoms with Crippen LogP contribution in [-0.4, -0.2) is 37.5 Å². The molecule has 0 fully saturated rings. The molecule has 4 N–H and O–H groups in total. The maximum Gasteiger partial charge on any atom is 0.264 e. The first-order valence-electron chi connectivity index (χ1n) is 10.5. The van der Waals surface area contributed by atoms with E-state index in [1.54, 1.807) is 28.4 Å². The highest BCUT2D eigenvalue weighted by Crippen LogP contribution is 2.31. The predicted molar refractivity (Wildman–Crippen MR) is 125 cm³/mol. The number of nitrogens with two attached hydrogens (primary N) is 1. The summed E-state index contributed by atoms with van der Waals surface area (Å²) in [5.41, 5.74) is 10.3. The Bertz CT molecular complexity index is 1360. The van der Waals surface area contributed by atoms with Gasteiger partial charge in [-0.1, -0.05) is 26.0 Å². The Labute approximate surface area is 185 Å². The van der Waals surface area contributed by atoms with E-state index in [-0.39, 0.29) is 29.2 Å². The minimum atomic E-state index is -0.169. The quantitative estimate of drug-likeness (QED) is 0.446. The molecule has 166 valence electrons. The highest BCUT2D eigenvalue weighted by molar-refractivity contribution is 5.98. The van der Waals surface area contributed by atoms with Gasteiger partial charge in [-0.3, -0.25) is 19.4 Å². The first kappa shape index (κ1) is 21.4. The average molecular weight is 434 g/mol. The van der Waals surface area contributed by atoms with Gasteiger partial charge in [0.15, 0.2) is 5.82 Å². The third-order valence-electron chi connectivity index (χ3n) is 6.01. The molecule has 4 aromatic rings. The fraction of sp³-hybridized carbons (Fsp3) is 0.304. The number of anilines is 1. The van der Waals surface area contributed by atoms with Crippen LogP contribution in [0.25, 0.3) is 33.4 Å². The maximum absolute atomic E-state index is 13.1. The zero-order valence-electron chi connectivity index (χ0n) is 18.8. The van der Waals surface area contributed by atoms with E-state index in [1.807, 2.05) is 38.4 Å². The molecule has 0 radical (unpaired) electrons. The molecule has 0 bridgehead atoms. The molecule has 0 unspecified atom stereocenters.